The minimum atomic E-state index is -0.899. The van der Waals surface area contributed by atoms with Gasteiger partial charge in [0.1, 0.15) is 35.0 Å². The fraction of sp³-hybridized carbons (Fsp3) is 0.517. The summed E-state index contributed by atoms with van der Waals surface area (Å²) in [6, 6.07) is 6.06. The smallest absolute Gasteiger partial charge is 0.431 e. The highest BCUT2D eigenvalue weighted by molar-refractivity contribution is 7.99. The van der Waals surface area contributed by atoms with Gasteiger partial charge in [-0.2, -0.15) is 4.98 Å². The molecule has 2 heterocycles. The zero-order chi connectivity index (χ0) is 33.2. The standard InChI is InChI=1S/C29H37N6O9S/c1-17-12-29(17,42-19(13-40-25(36)43-27(2,3)4)14-41-26(37)44-28(5,6)7)15-34-16-31-21-22(34)32-24(30)33-23(21)45-20-10-8-18(9-11-20)35(38)39/h8-11,16-17H,12-15H2,1-7H3,(H2,30,32,33). The topological polar surface area (TPSA) is 193 Å². The van der Waals surface area contributed by atoms with Crippen molar-refractivity contribution in [1.82, 2.24) is 19.5 Å². The Balaban J connectivity index is 1.52. The fourth-order valence-electron chi connectivity index (χ4n) is 4.24. The SMILES string of the molecule is CC1CC1(Cn1cnc2c(Sc3ccc([N+](=O)[O-])cc3)nc(N)nc21)O[C](COC(=O)OC(C)(C)C)COC(=O)OC(C)(C)C. The first-order valence-corrected chi connectivity index (χ1v) is 14.9. The normalized spacial score (nSPS) is 18.1. The number of fused-ring (bicyclic) bond motifs is 1. The summed E-state index contributed by atoms with van der Waals surface area (Å²) in [5.41, 5.74) is 4.70. The van der Waals surface area contributed by atoms with Crippen LogP contribution in [0.4, 0.5) is 21.2 Å². The first kappa shape index (κ1) is 33.7. The van der Waals surface area contributed by atoms with E-state index in [0.29, 0.717) is 34.1 Å². The zero-order valence-corrected chi connectivity index (χ0v) is 27.0. The van der Waals surface area contributed by atoms with E-state index in [1.165, 1.54) is 23.9 Å². The Labute approximate surface area is 264 Å². The van der Waals surface area contributed by atoms with E-state index in [1.807, 2.05) is 6.92 Å². The molecule has 0 bridgehead atoms. The maximum absolute atomic E-state index is 12.3. The molecule has 2 N–H and O–H groups in total. The molecule has 3 aromatic rings. The molecule has 2 aromatic heterocycles. The number of carbonyl (C=O) groups is 2. The van der Waals surface area contributed by atoms with E-state index in [0.717, 1.165) is 0 Å². The lowest BCUT2D eigenvalue weighted by atomic mass is 10.2. The second kappa shape index (κ2) is 13.0. The van der Waals surface area contributed by atoms with Crippen LogP contribution in [0.2, 0.25) is 0 Å². The van der Waals surface area contributed by atoms with E-state index >= 15 is 0 Å². The molecule has 1 saturated carbocycles. The second-order valence-corrected chi connectivity index (χ2v) is 13.7. The number of nitrogens with two attached hydrogens (primary N) is 1. The van der Waals surface area contributed by atoms with Crippen LogP contribution in [-0.2, 0) is 30.2 Å². The van der Waals surface area contributed by atoms with Crippen molar-refractivity contribution in [3.63, 3.8) is 0 Å². The third kappa shape index (κ3) is 9.41. The van der Waals surface area contributed by atoms with Crippen molar-refractivity contribution in [2.75, 3.05) is 18.9 Å². The summed E-state index contributed by atoms with van der Waals surface area (Å²) in [7, 11) is 0. The first-order valence-electron chi connectivity index (χ1n) is 14.1. The zero-order valence-electron chi connectivity index (χ0n) is 26.2. The Kier molecular flexibility index (Phi) is 9.77. The van der Waals surface area contributed by atoms with Crippen molar-refractivity contribution in [1.29, 1.82) is 0 Å². The Bertz CT molecular complexity index is 1520. The highest BCUT2D eigenvalue weighted by atomic mass is 32.2. The van der Waals surface area contributed by atoms with Gasteiger partial charge in [-0.3, -0.25) is 10.1 Å². The average Bonchev–Trinajstić information content (AvgIpc) is 3.35. The van der Waals surface area contributed by atoms with Crippen LogP contribution in [0, 0.1) is 22.1 Å². The van der Waals surface area contributed by atoms with E-state index in [4.69, 9.17) is 29.4 Å². The maximum Gasteiger partial charge on any atom is 0.508 e. The molecule has 15 nitrogen and oxygen atoms in total. The molecule has 1 aliphatic carbocycles. The van der Waals surface area contributed by atoms with Crippen LogP contribution >= 0.6 is 11.8 Å². The van der Waals surface area contributed by atoms with Gasteiger partial charge < -0.3 is 34.0 Å². The molecule has 4 rings (SSSR count). The summed E-state index contributed by atoms with van der Waals surface area (Å²) < 4.78 is 29.2. The summed E-state index contributed by atoms with van der Waals surface area (Å²) >= 11 is 1.25. The van der Waals surface area contributed by atoms with E-state index in [9.17, 15) is 19.7 Å². The molecule has 2 unspecified atom stereocenters. The minimum Gasteiger partial charge on any atom is -0.431 e. The molecule has 16 heteroatoms. The van der Waals surface area contributed by atoms with Gasteiger partial charge in [0.05, 0.1) is 23.4 Å². The molecule has 1 aromatic carbocycles. The molecule has 0 saturated heterocycles. The molecule has 1 fully saturated rings. The van der Waals surface area contributed by atoms with Gasteiger partial charge in [0, 0.05) is 17.0 Å². The fourth-order valence-corrected chi connectivity index (χ4v) is 5.11. The highest BCUT2D eigenvalue weighted by Gasteiger charge is 2.55. The number of rotatable bonds is 11. The van der Waals surface area contributed by atoms with E-state index in [-0.39, 0.29) is 36.9 Å². The van der Waals surface area contributed by atoms with Crippen molar-refractivity contribution in [3.05, 3.63) is 46.8 Å². The van der Waals surface area contributed by atoms with E-state index in [1.54, 1.807) is 64.6 Å². The number of nitro groups is 1. The third-order valence-electron chi connectivity index (χ3n) is 6.37. The Hall–Kier alpha value is -4.18. The van der Waals surface area contributed by atoms with Crippen molar-refractivity contribution in [2.24, 2.45) is 5.92 Å². The predicted molar refractivity (Wildman–Crippen MR) is 162 cm³/mol. The number of aromatic nitrogens is 4. The Morgan fingerprint density at radius 1 is 1.04 bits per heavy atom. The monoisotopic (exact) mass is 645 g/mol. The number of anilines is 1. The lowest BCUT2D eigenvalue weighted by Crippen LogP contribution is -2.33. The second-order valence-electron chi connectivity index (χ2n) is 12.6. The van der Waals surface area contributed by atoms with Gasteiger partial charge in [-0.1, -0.05) is 18.7 Å². The van der Waals surface area contributed by atoms with Crippen molar-refractivity contribution >= 4 is 46.9 Å². The number of hydrogen-bond acceptors (Lipinski definition) is 14. The minimum absolute atomic E-state index is 0.0241. The van der Waals surface area contributed by atoms with Crippen LogP contribution in [0.5, 0.6) is 0 Å². The van der Waals surface area contributed by atoms with Crippen LogP contribution < -0.4 is 5.73 Å². The number of ether oxygens (including phenoxy) is 5. The van der Waals surface area contributed by atoms with Crippen molar-refractivity contribution < 1.29 is 38.2 Å². The summed E-state index contributed by atoms with van der Waals surface area (Å²) in [6.45, 7) is 11.9. The lowest BCUT2D eigenvalue weighted by Gasteiger charge is -2.26. The van der Waals surface area contributed by atoms with Gasteiger partial charge in [-0.05, 0) is 66.0 Å². The van der Waals surface area contributed by atoms with Crippen LogP contribution in [0.1, 0.15) is 54.9 Å². The summed E-state index contributed by atoms with van der Waals surface area (Å²) in [5, 5.41) is 11.5. The number of hydrogen-bond donors (Lipinski definition) is 1. The number of carbonyl (C=O) groups excluding carboxylic acids is 2. The molecule has 45 heavy (non-hydrogen) atoms. The van der Waals surface area contributed by atoms with E-state index < -0.39 is 34.0 Å². The van der Waals surface area contributed by atoms with Crippen LogP contribution in [-0.4, -0.2) is 66.8 Å². The molecule has 0 spiro atoms. The van der Waals surface area contributed by atoms with Crippen LogP contribution in [0.15, 0.2) is 40.5 Å². The van der Waals surface area contributed by atoms with Crippen LogP contribution in [0.3, 0.4) is 0 Å². The molecular weight excluding hydrogens is 608 g/mol. The molecule has 1 aliphatic rings. The lowest BCUT2D eigenvalue weighted by molar-refractivity contribution is -0.384. The third-order valence-corrected chi connectivity index (χ3v) is 7.35. The Morgan fingerprint density at radius 2 is 1.60 bits per heavy atom. The molecule has 243 valence electrons. The molecule has 0 amide bonds. The highest BCUT2D eigenvalue weighted by Crippen LogP contribution is 2.50. The van der Waals surface area contributed by atoms with Gasteiger partial charge in [-0.15, -0.1) is 0 Å². The number of non-ortho nitro benzene ring substituents is 1. The van der Waals surface area contributed by atoms with Gasteiger partial charge in [0.25, 0.3) is 5.69 Å². The number of nitro benzene ring substituents is 1. The molecule has 0 aliphatic heterocycles. The first-order chi connectivity index (χ1) is 20.9. The van der Waals surface area contributed by atoms with Gasteiger partial charge >= 0.3 is 12.3 Å². The number of imidazole rings is 1. The largest absolute Gasteiger partial charge is 0.508 e. The molecule has 2 atom stereocenters. The molecule has 1 radical (unpaired) electrons. The summed E-state index contributed by atoms with van der Waals surface area (Å²) in [4.78, 5) is 49.1. The van der Waals surface area contributed by atoms with Crippen molar-refractivity contribution in [2.45, 2.75) is 88.2 Å². The quantitative estimate of drug-likeness (QED) is 0.115. The number of nitrogens with zero attached hydrogens (tertiary/aromatic N) is 5. The Morgan fingerprint density at radius 3 is 2.09 bits per heavy atom. The predicted octanol–water partition coefficient (Wildman–Crippen LogP) is 5.70. The van der Waals surface area contributed by atoms with Crippen LogP contribution in [0.25, 0.3) is 11.2 Å². The number of nitrogen functional groups attached to an aromatic ring is 1. The average molecular weight is 646 g/mol. The summed E-state index contributed by atoms with van der Waals surface area (Å²) in [5.74, 6) is 0.0948. The maximum atomic E-state index is 12.3. The van der Waals surface area contributed by atoms with Gasteiger partial charge in [-0.25, -0.2) is 19.6 Å². The number of benzene rings is 1. The van der Waals surface area contributed by atoms with Gasteiger partial charge in [0.15, 0.2) is 11.8 Å². The van der Waals surface area contributed by atoms with Crippen molar-refractivity contribution in [3.8, 4) is 0 Å². The molecular formula is C29H37N6O9S. The van der Waals surface area contributed by atoms with Gasteiger partial charge in [0.2, 0.25) is 5.95 Å². The summed E-state index contributed by atoms with van der Waals surface area (Å²) in [6.07, 6.45) is 0.626. The van der Waals surface area contributed by atoms with E-state index in [2.05, 4.69) is 15.0 Å².